The minimum absolute atomic E-state index is 0.103. The number of fused-ring (bicyclic) bond motifs is 4. The second-order valence-electron chi connectivity index (χ2n) is 15.4. The number of hydrogen-bond acceptors (Lipinski definition) is 7. The van der Waals surface area contributed by atoms with Crippen LogP contribution in [0.4, 0.5) is 11.4 Å². The molecule has 5 rings (SSSR count). The van der Waals surface area contributed by atoms with Gasteiger partial charge in [-0.1, -0.05) is 70.7 Å². The van der Waals surface area contributed by atoms with Gasteiger partial charge in [0.2, 0.25) is 5.69 Å². The number of anilines is 1. The van der Waals surface area contributed by atoms with Gasteiger partial charge in [0.05, 0.1) is 22.4 Å². The van der Waals surface area contributed by atoms with Crippen LogP contribution in [0.2, 0.25) is 0 Å². The summed E-state index contributed by atoms with van der Waals surface area (Å²) >= 11 is 0.977. The van der Waals surface area contributed by atoms with Gasteiger partial charge in [0.25, 0.3) is 10.1 Å². The quantitative estimate of drug-likeness (QED) is 0.0452. The summed E-state index contributed by atoms with van der Waals surface area (Å²) in [5.41, 5.74) is 6.71. The van der Waals surface area contributed by atoms with Crippen LogP contribution in [0, 0.1) is 5.41 Å². The average molecular weight is 708 g/mol. The molecule has 0 amide bonds. The summed E-state index contributed by atoms with van der Waals surface area (Å²) in [6.07, 6.45) is 12.6. The summed E-state index contributed by atoms with van der Waals surface area (Å²) in [5.74, 6) is 0. The second kappa shape index (κ2) is 14.3. The van der Waals surface area contributed by atoms with Crippen molar-refractivity contribution in [2.45, 2.75) is 108 Å². The molecule has 264 valence electrons. The molecule has 2 N–H and O–H groups in total. The van der Waals surface area contributed by atoms with Crippen LogP contribution in [-0.2, 0) is 30.3 Å². The Balaban J connectivity index is 1.49. The van der Waals surface area contributed by atoms with Crippen LogP contribution in [0.15, 0.2) is 82.2 Å². The summed E-state index contributed by atoms with van der Waals surface area (Å²) in [6, 6.07) is 15.1. The van der Waals surface area contributed by atoms with Gasteiger partial charge < -0.3 is 4.90 Å². The molecule has 8 nitrogen and oxygen atoms in total. The lowest BCUT2D eigenvalue weighted by Gasteiger charge is -2.26. The summed E-state index contributed by atoms with van der Waals surface area (Å²) in [7, 11) is -4.30. The molecule has 0 aromatic heterocycles. The van der Waals surface area contributed by atoms with E-state index in [0.29, 0.717) is 5.41 Å². The Labute approximate surface area is 296 Å². The third kappa shape index (κ3) is 7.70. The van der Waals surface area contributed by atoms with E-state index in [1.807, 2.05) is 18.2 Å². The Morgan fingerprint density at radius 3 is 2.37 bits per heavy atom. The average Bonchev–Trinajstić information content (AvgIpc) is 3.38. The smallest absolute Gasteiger partial charge is 0.294 e. The van der Waals surface area contributed by atoms with Crippen LogP contribution in [0.25, 0.3) is 10.8 Å². The number of nitrogens with zero attached hydrogens (tertiary/aromatic N) is 2. The predicted molar refractivity (Wildman–Crippen MR) is 199 cm³/mol. The number of allylic oxidation sites excluding steroid dienone is 4. The molecule has 0 saturated heterocycles. The highest BCUT2D eigenvalue weighted by Gasteiger charge is 2.45. The highest BCUT2D eigenvalue weighted by Crippen LogP contribution is 2.51. The van der Waals surface area contributed by atoms with Crippen molar-refractivity contribution in [2.75, 3.05) is 18.0 Å². The van der Waals surface area contributed by atoms with Crippen molar-refractivity contribution in [2.24, 2.45) is 5.41 Å². The van der Waals surface area contributed by atoms with E-state index in [0.717, 1.165) is 64.2 Å². The normalized spacial score (nSPS) is 17.9. The molecule has 0 radical (unpaired) electrons. The summed E-state index contributed by atoms with van der Waals surface area (Å²) in [5, 5.41) is 14.3. The summed E-state index contributed by atoms with van der Waals surface area (Å²) in [4.78, 5) is 3.07. The molecular weight excluding hydrogens is 657 g/mol. The van der Waals surface area contributed by atoms with E-state index in [4.69, 9.17) is 9.59 Å². The molecule has 0 aliphatic carbocycles. The van der Waals surface area contributed by atoms with Crippen LogP contribution in [-0.4, -0.2) is 41.6 Å². The number of unbranched alkanes of at least 4 members (excludes halogenated alkanes) is 3. The molecule has 0 fully saturated rings. The number of likely N-dealkylation sites (N-methyl/N-ethyl adjacent to an activating group) is 1. The summed E-state index contributed by atoms with van der Waals surface area (Å²) < 4.78 is 40.6. The van der Waals surface area contributed by atoms with E-state index >= 15 is 0 Å². The highest BCUT2D eigenvalue weighted by molar-refractivity contribution is 7.94. The predicted octanol–water partition coefficient (Wildman–Crippen LogP) is 10.1. The molecule has 0 saturated carbocycles. The fourth-order valence-electron chi connectivity index (χ4n) is 7.58. The minimum Gasteiger partial charge on any atom is -0.344 e. The lowest BCUT2D eigenvalue weighted by Crippen LogP contribution is -2.28. The maximum absolute atomic E-state index is 11.9. The van der Waals surface area contributed by atoms with Crippen molar-refractivity contribution in [1.82, 2.24) is 0 Å². The minimum atomic E-state index is -4.30. The molecule has 2 heterocycles. The molecule has 2 aliphatic heterocycles. The van der Waals surface area contributed by atoms with E-state index in [-0.39, 0.29) is 15.7 Å². The first-order valence-electron chi connectivity index (χ1n) is 17.2. The summed E-state index contributed by atoms with van der Waals surface area (Å²) in [6.45, 7) is 19.7. The van der Waals surface area contributed by atoms with Crippen LogP contribution in [0.5, 0.6) is 0 Å². The third-order valence-electron chi connectivity index (χ3n) is 10.0. The molecule has 0 bridgehead atoms. The molecular formula is C39H51N2O6S2+. The lowest BCUT2D eigenvalue weighted by molar-refractivity contribution is -0.438. The Morgan fingerprint density at radius 2 is 1.69 bits per heavy atom. The molecule has 2 aliphatic rings. The van der Waals surface area contributed by atoms with Crippen LogP contribution in [0.3, 0.4) is 0 Å². The van der Waals surface area contributed by atoms with Crippen molar-refractivity contribution >= 4 is 50.0 Å². The van der Waals surface area contributed by atoms with Crippen molar-refractivity contribution in [3.8, 4) is 0 Å². The standard InChI is InChI=1S/C39H50N2O6S2/c1-9-40-33-21-17-27-25-29(49(43,44)45)19-20-30(27)36(33)39(7,8)35(40)16-14-15-34-38(5,6)31-26-28(48-47-46-42)18-22-32(31)41(34)24-13-11-10-12-23-37(2,3)4/h14-22,25-26H,9-13,23-24H2,1-8H3,(H-,42,43,44,45)/p+1. The number of rotatable bonds is 13. The fourth-order valence-corrected chi connectivity index (χ4v) is 8.50. The van der Waals surface area contributed by atoms with Crippen molar-refractivity contribution in [1.29, 1.82) is 0 Å². The van der Waals surface area contributed by atoms with Gasteiger partial charge in [0.15, 0.2) is 5.71 Å². The molecule has 10 heteroatoms. The number of hydrogen-bond donors (Lipinski definition) is 2. The first-order chi connectivity index (χ1) is 23.0. The maximum Gasteiger partial charge on any atom is 0.294 e. The Morgan fingerprint density at radius 1 is 0.959 bits per heavy atom. The van der Waals surface area contributed by atoms with Crippen molar-refractivity contribution in [3.63, 3.8) is 0 Å². The van der Waals surface area contributed by atoms with E-state index < -0.39 is 10.1 Å². The van der Waals surface area contributed by atoms with E-state index in [9.17, 15) is 13.0 Å². The molecule has 3 aromatic carbocycles. The van der Waals surface area contributed by atoms with Gasteiger partial charge in [-0.25, -0.2) is 5.26 Å². The molecule has 0 atom stereocenters. The van der Waals surface area contributed by atoms with Crippen LogP contribution >= 0.6 is 12.0 Å². The van der Waals surface area contributed by atoms with Crippen molar-refractivity contribution in [3.05, 3.63) is 83.6 Å². The zero-order valence-corrected chi connectivity index (χ0v) is 31.7. The molecule has 3 aromatic rings. The van der Waals surface area contributed by atoms with Gasteiger partial charge in [-0.05, 0) is 91.8 Å². The fraction of sp³-hybridized carbons (Fsp3) is 0.462. The second-order valence-corrected chi connectivity index (χ2v) is 17.6. The zero-order chi connectivity index (χ0) is 35.8. The van der Waals surface area contributed by atoms with Gasteiger partial charge in [-0.15, -0.1) is 4.33 Å². The van der Waals surface area contributed by atoms with Crippen molar-refractivity contribution < 1.29 is 32.2 Å². The molecule has 0 spiro atoms. The monoisotopic (exact) mass is 707 g/mol. The maximum atomic E-state index is 11.9. The molecule has 0 unspecified atom stereocenters. The zero-order valence-electron chi connectivity index (χ0n) is 30.0. The third-order valence-corrected chi connectivity index (χ3v) is 11.4. The van der Waals surface area contributed by atoms with Crippen LogP contribution < -0.4 is 4.90 Å². The SMILES string of the molecule is CCN1/C(=C/C=C/C2=[N+](CCCCCCC(C)(C)C)c3ccc(SOOO)cc3C2(C)C)C(C)(C)c2c1ccc1cc(S(=O)(=O)O)ccc21. The largest absolute Gasteiger partial charge is 0.344 e. The van der Waals surface area contributed by atoms with E-state index in [1.54, 1.807) is 6.07 Å². The van der Waals surface area contributed by atoms with Gasteiger partial charge in [-0.3, -0.25) is 4.55 Å². The van der Waals surface area contributed by atoms with Crippen LogP contribution in [0.1, 0.15) is 98.6 Å². The topological polar surface area (TPSA) is 99.3 Å². The highest BCUT2D eigenvalue weighted by atomic mass is 32.2. The van der Waals surface area contributed by atoms with Gasteiger partial charge in [-0.2, -0.15) is 13.0 Å². The Bertz CT molecular complexity index is 1920. The Hall–Kier alpha value is -2.99. The molecule has 49 heavy (non-hydrogen) atoms. The lowest BCUT2D eigenvalue weighted by atomic mass is 9.80. The first kappa shape index (κ1) is 37.3. The van der Waals surface area contributed by atoms with Gasteiger partial charge >= 0.3 is 0 Å². The van der Waals surface area contributed by atoms with E-state index in [1.165, 1.54) is 48.7 Å². The van der Waals surface area contributed by atoms with Gasteiger partial charge in [0, 0.05) is 52.4 Å². The van der Waals surface area contributed by atoms with Gasteiger partial charge in [0.1, 0.15) is 6.54 Å². The van der Waals surface area contributed by atoms with E-state index in [2.05, 4.69) is 106 Å². The Kier molecular flexibility index (Phi) is 10.9. The number of benzene rings is 3. The first-order valence-corrected chi connectivity index (χ1v) is 19.3.